The fourth-order valence-corrected chi connectivity index (χ4v) is 3.52. The number of methoxy groups -OCH3 is 2. The molecule has 0 saturated heterocycles. The summed E-state index contributed by atoms with van der Waals surface area (Å²) in [6, 6.07) is 5.43. The minimum Gasteiger partial charge on any atom is -0.493 e. The van der Waals surface area contributed by atoms with Gasteiger partial charge in [-0.25, -0.2) is 0 Å². The van der Waals surface area contributed by atoms with Crippen LogP contribution in [0.25, 0.3) is 0 Å². The highest BCUT2D eigenvalue weighted by molar-refractivity contribution is 7.53. The summed E-state index contributed by atoms with van der Waals surface area (Å²) in [5.74, 6) is 1.16. The Morgan fingerprint density at radius 3 is 2.16 bits per heavy atom. The van der Waals surface area contributed by atoms with Gasteiger partial charge in [-0.2, -0.15) is 0 Å². The number of rotatable bonds is 8. The van der Waals surface area contributed by atoms with Crippen molar-refractivity contribution in [2.45, 2.75) is 20.0 Å². The average Bonchev–Trinajstić information content (AvgIpc) is 2.38. The monoisotopic (exact) mass is 288 g/mol. The van der Waals surface area contributed by atoms with Crippen LogP contribution in [-0.4, -0.2) is 27.4 Å². The number of ether oxygens (including phenoxy) is 2. The minimum absolute atomic E-state index is 0.162. The highest BCUT2D eigenvalue weighted by atomic mass is 31.2. The van der Waals surface area contributed by atoms with Gasteiger partial charge in [0.05, 0.1) is 33.6 Å². The van der Waals surface area contributed by atoms with E-state index in [1.54, 1.807) is 34.1 Å². The van der Waals surface area contributed by atoms with E-state index in [4.69, 9.17) is 18.5 Å². The van der Waals surface area contributed by atoms with Gasteiger partial charge < -0.3 is 18.5 Å². The SMILES string of the molecule is CCOP(=O)(Cc1cccc(OC)c1OC)OCC. The molecule has 0 aromatic heterocycles. The van der Waals surface area contributed by atoms with Crippen LogP contribution in [0.5, 0.6) is 11.5 Å². The molecule has 0 N–H and O–H groups in total. The third-order valence-electron chi connectivity index (χ3n) is 2.50. The molecule has 0 heterocycles. The topological polar surface area (TPSA) is 54.0 Å². The molecule has 1 aromatic rings. The molecule has 1 rings (SSSR count). The molecule has 0 amide bonds. The molecule has 1 aromatic carbocycles. The molecule has 0 fully saturated rings. The number of benzene rings is 1. The van der Waals surface area contributed by atoms with Gasteiger partial charge >= 0.3 is 7.60 Å². The first-order chi connectivity index (χ1) is 9.10. The molecule has 5 nitrogen and oxygen atoms in total. The zero-order valence-electron chi connectivity index (χ0n) is 11.8. The van der Waals surface area contributed by atoms with Crippen LogP contribution in [0.15, 0.2) is 18.2 Å². The van der Waals surface area contributed by atoms with Crippen molar-refractivity contribution in [3.05, 3.63) is 23.8 Å². The van der Waals surface area contributed by atoms with Gasteiger partial charge in [-0.15, -0.1) is 0 Å². The average molecular weight is 288 g/mol. The van der Waals surface area contributed by atoms with Crippen LogP contribution in [0.2, 0.25) is 0 Å². The molecule has 0 saturated carbocycles. The number of hydrogen-bond acceptors (Lipinski definition) is 5. The molecule has 19 heavy (non-hydrogen) atoms. The lowest BCUT2D eigenvalue weighted by Gasteiger charge is -2.19. The molecule has 0 atom stereocenters. The van der Waals surface area contributed by atoms with Gasteiger partial charge in [-0.1, -0.05) is 12.1 Å². The summed E-state index contributed by atoms with van der Waals surface area (Å²) in [5.41, 5.74) is 0.743. The zero-order valence-corrected chi connectivity index (χ0v) is 12.7. The van der Waals surface area contributed by atoms with Crippen molar-refractivity contribution in [1.29, 1.82) is 0 Å². The Morgan fingerprint density at radius 1 is 1.05 bits per heavy atom. The maximum atomic E-state index is 12.5. The van der Waals surface area contributed by atoms with Crippen LogP contribution in [-0.2, 0) is 19.8 Å². The van der Waals surface area contributed by atoms with Crippen molar-refractivity contribution >= 4 is 7.60 Å². The predicted molar refractivity (Wildman–Crippen MR) is 74.1 cm³/mol. The quantitative estimate of drug-likeness (QED) is 0.685. The molecule has 0 aliphatic rings. The third-order valence-corrected chi connectivity index (χ3v) is 4.53. The molecule has 0 radical (unpaired) electrons. The van der Waals surface area contributed by atoms with Crippen molar-refractivity contribution in [2.24, 2.45) is 0 Å². The van der Waals surface area contributed by atoms with Crippen molar-refractivity contribution in [1.82, 2.24) is 0 Å². The Balaban J connectivity index is 3.05. The van der Waals surface area contributed by atoms with E-state index < -0.39 is 7.60 Å². The normalized spacial score (nSPS) is 11.4. The van der Waals surface area contributed by atoms with Crippen LogP contribution >= 0.6 is 7.60 Å². The van der Waals surface area contributed by atoms with E-state index >= 15 is 0 Å². The second-order valence-corrected chi connectivity index (χ2v) is 5.81. The second kappa shape index (κ2) is 7.53. The van der Waals surface area contributed by atoms with Gasteiger partial charge in [0.25, 0.3) is 0 Å². The summed E-state index contributed by atoms with van der Waals surface area (Å²) in [4.78, 5) is 0. The standard InChI is InChI=1S/C13H21O5P/c1-5-17-19(14,18-6-2)10-11-8-7-9-12(15-3)13(11)16-4/h7-9H,5-6,10H2,1-4H3. The lowest BCUT2D eigenvalue weighted by atomic mass is 10.2. The first-order valence-electron chi connectivity index (χ1n) is 6.18. The Bertz CT molecular complexity index is 437. The molecule has 0 unspecified atom stereocenters. The van der Waals surface area contributed by atoms with Crippen molar-refractivity contribution < 1.29 is 23.1 Å². The molecule has 0 aliphatic heterocycles. The van der Waals surface area contributed by atoms with Gasteiger partial charge in [0.1, 0.15) is 0 Å². The Kier molecular flexibility index (Phi) is 6.35. The molecule has 6 heteroatoms. The molecule has 108 valence electrons. The molecule has 0 aliphatic carbocycles. The maximum Gasteiger partial charge on any atom is 0.335 e. The first kappa shape index (κ1) is 16.0. The zero-order chi connectivity index (χ0) is 14.3. The second-order valence-electron chi connectivity index (χ2n) is 3.76. The highest BCUT2D eigenvalue weighted by Gasteiger charge is 2.26. The minimum atomic E-state index is -3.15. The summed E-state index contributed by atoms with van der Waals surface area (Å²) in [6.07, 6.45) is 0.162. The first-order valence-corrected chi connectivity index (χ1v) is 7.91. The van der Waals surface area contributed by atoms with E-state index in [0.717, 1.165) is 5.56 Å². The van der Waals surface area contributed by atoms with Gasteiger partial charge in [-0.05, 0) is 19.9 Å². The lowest BCUT2D eigenvalue weighted by molar-refractivity contribution is 0.218. The molecular weight excluding hydrogens is 267 g/mol. The summed E-state index contributed by atoms with van der Waals surface area (Å²) in [5, 5.41) is 0. The summed E-state index contributed by atoms with van der Waals surface area (Å²) in [6.45, 7) is 4.25. The van der Waals surface area contributed by atoms with E-state index in [1.807, 2.05) is 12.1 Å². The van der Waals surface area contributed by atoms with E-state index in [1.165, 1.54) is 0 Å². The molecule has 0 bridgehead atoms. The van der Waals surface area contributed by atoms with Crippen LogP contribution in [0, 0.1) is 0 Å². The predicted octanol–water partition coefficient (Wildman–Crippen LogP) is 3.47. The van der Waals surface area contributed by atoms with Crippen molar-refractivity contribution in [3.8, 4) is 11.5 Å². The van der Waals surface area contributed by atoms with Crippen LogP contribution in [0.1, 0.15) is 19.4 Å². The third kappa shape index (κ3) is 4.23. The number of hydrogen-bond donors (Lipinski definition) is 0. The van der Waals surface area contributed by atoms with Crippen molar-refractivity contribution in [3.63, 3.8) is 0 Å². The maximum absolute atomic E-state index is 12.5. The van der Waals surface area contributed by atoms with E-state index in [0.29, 0.717) is 24.7 Å². The van der Waals surface area contributed by atoms with E-state index in [9.17, 15) is 4.57 Å². The van der Waals surface area contributed by atoms with Gasteiger partial charge in [-0.3, -0.25) is 4.57 Å². The fraction of sp³-hybridized carbons (Fsp3) is 0.538. The Labute approximate surface area is 114 Å². The molecule has 0 spiro atoms. The van der Waals surface area contributed by atoms with E-state index in [2.05, 4.69) is 0 Å². The lowest BCUT2D eigenvalue weighted by Crippen LogP contribution is -2.01. The summed E-state index contributed by atoms with van der Waals surface area (Å²) in [7, 11) is -0.0362. The Hall–Kier alpha value is -1.03. The van der Waals surface area contributed by atoms with E-state index in [-0.39, 0.29) is 6.16 Å². The largest absolute Gasteiger partial charge is 0.493 e. The summed E-state index contributed by atoms with van der Waals surface area (Å²) >= 11 is 0. The van der Waals surface area contributed by atoms with Gasteiger partial charge in [0, 0.05) is 5.56 Å². The smallest absolute Gasteiger partial charge is 0.335 e. The van der Waals surface area contributed by atoms with Gasteiger partial charge in [0.2, 0.25) is 0 Å². The molecular formula is C13H21O5P. The van der Waals surface area contributed by atoms with Crippen LogP contribution in [0.4, 0.5) is 0 Å². The van der Waals surface area contributed by atoms with Gasteiger partial charge in [0.15, 0.2) is 11.5 Å². The number of para-hydroxylation sites is 1. The van der Waals surface area contributed by atoms with Crippen LogP contribution in [0.3, 0.4) is 0 Å². The summed E-state index contributed by atoms with van der Waals surface area (Å²) < 4.78 is 33.6. The highest BCUT2D eigenvalue weighted by Crippen LogP contribution is 2.53. The van der Waals surface area contributed by atoms with Crippen LogP contribution < -0.4 is 9.47 Å². The fourth-order valence-electron chi connectivity index (χ4n) is 1.81. The van der Waals surface area contributed by atoms with Crippen molar-refractivity contribution in [2.75, 3.05) is 27.4 Å². The Morgan fingerprint density at radius 2 is 1.68 bits per heavy atom.